The molecule has 0 aliphatic rings. The van der Waals surface area contributed by atoms with E-state index in [0.717, 1.165) is 16.7 Å². The molecule has 0 spiro atoms. The highest BCUT2D eigenvalue weighted by atomic mass is 16.2. The van der Waals surface area contributed by atoms with Crippen LogP contribution in [0, 0.1) is 6.92 Å². The number of carbonyl (C=O) groups excluding carboxylic acids is 2. The number of hydrogen-bond acceptors (Lipinski definition) is 2. The van der Waals surface area contributed by atoms with Gasteiger partial charge >= 0.3 is 11.8 Å². The Bertz CT molecular complexity index is 668. The molecule has 23 heavy (non-hydrogen) atoms. The van der Waals surface area contributed by atoms with E-state index in [1.807, 2.05) is 68.4 Å². The average Bonchev–Trinajstić information content (AvgIpc) is 2.58. The Kier molecular flexibility index (Phi) is 5.92. The van der Waals surface area contributed by atoms with Crippen molar-refractivity contribution in [3.05, 3.63) is 71.3 Å². The van der Waals surface area contributed by atoms with Crippen molar-refractivity contribution in [2.75, 3.05) is 6.54 Å². The Labute approximate surface area is 136 Å². The van der Waals surface area contributed by atoms with E-state index >= 15 is 0 Å². The van der Waals surface area contributed by atoms with Crippen LogP contribution in [-0.4, -0.2) is 18.4 Å². The Morgan fingerprint density at radius 1 is 0.957 bits per heavy atom. The zero-order valence-corrected chi connectivity index (χ0v) is 13.5. The summed E-state index contributed by atoms with van der Waals surface area (Å²) in [5.41, 5.74) is 3.23. The number of nitrogens with one attached hydrogen (secondary N) is 2. The van der Waals surface area contributed by atoms with Crippen LogP contribution in [0.15, 0.2) is 54.6 Å². The SMILES string of the molecule is Cc1cccc(CNC(=O)C(=O)NC[C@@H](C)c2ccccc2)c1. The third-order valence-electron chi connectivity index (χ3n) is 3.68. The normalized spacial score (nSPS) is 11.6. The van der Waals surface area contributed by atoms with E-state index in [9.17, 15) is 9.59 Å². The molecule has 0 bridgehead atoms. The van der Waals surface area contributed by atoms with Gasteiger partial charge in [-0.3, -0.25) is 9.59 Å². The van der Waals surface area contributed by atoms with Crippen LogP contribution in [0.1, 0.15) is 29.5 Å². The van der Waals surface area contributed by atoms with Gasteiger partial charge in [0.2, 0.25) is 0 Å². The van der Waals surface area contributed by atoms with Crippen molar-refractivity contribution in [1.82, 2.24) is 10.6 Å². The van der Waals surface area contributed by atoms with Gasteiger partial charge in [-0.25, -0.2) is 0 Å². The van der Waals surface area contributed by atoms with Crippen molar-refractivity contribution in [1.29, 1.82) is 0 Å². The second-order valence-electron chi connectivity index (χ2n) is 5.69. The maximum Gasteiger partial charge on any atom is 0.309 e. The summed E-state index contributed by atoms with van der Waals surface area (Å²) in [5, 5.41) is 5.32. The van der Waals surface area contributed by atoms with Gasteiger partial charge in [0.1, 0.15) is 0 Å². The van der Waals surface area contributed by atoms with Gasteiger partial charge in [0.05, 0.1) is 0 Å². The van der Waals surface area contributed by atoms with E-state index in [4.69, 9.17) is 0 Å². The van der Waals surface area contributed by atoms with Gasteiger partial charge in [-0.15, -0.1) is 0 Å². The molecule has 2 N–H and O–H groups in total. The van der Waals surface area contributed by atoms with Gasteiger partial charge in [-0.2, -0.15) is 0 Å². The summed E-state index contributed by atoms with van der Waals surface area (Å²) >= 11 is 0. The molecule has 0 unspecified atom stereocenters. The molecule has 4 heteroatoms. The third kappa shape index (κ3) is 5.25. The molecule has 2 rings (SSSR count). The molecule has 2 aromatic rings. The summed E-state index contributed by atoms with van der Waals surface area (Å²) in [6, 6.07) is 17.7. The number of benzene rings is 2. The Morgan fingerprint density at radius 3 is 2.35 bits per heavy atom. The fourth-order valence-corrected chi connectivity index (χ4v) is 2.31. The van der Waals surface area contributed by atoms with Crippen LogP contribution in [0.3, 0.4) is 0 Å². The zero-order valence-electron chi connectivity index (χ0n) is 13.5. The maximum atomic E-state index is 11.8. The largest absolute Gasteiger partial charge is 0.347 e. The van der Waals surface area contributed by atoms with Crippen molar-refractivity contribution in [2.45, 2.75) is 26.3 Å². The van der Waals surface area contributed by atoms with Crippen LogP contribution in [0.2, 0.25) is 0 Å². The fraction of sp³-hybridized carbons (Fsp3) is 0.263. The third-order valence-corrected chi connectivity index (χ3v) is 3.68. The summed E-state index contributed by atoms with van der Waals surface area (Å²) < 4.78 is 0. The first-order valence-electron chi connectivity index (χ1n) is 7.73. The highest BCUT2D eigenvalue weighted by Crippen LogP contribution is 2.12. The number of rotatable bonds is 5. The topological polar surface area (TPSA) is 58.2 Å². The van der Waals surface area contributed by atoms with Crippen LogP contribution >= 0.6 is 0 Å². The lowest BCUT2D eigenvalue weighted by Gasteiger charge is -2.13. The van der Waals surface area contributed by atoms with Crippen molar-refractivity contribution < 1.29 is 9.59 Å². The fourth-order valence-electron chi connectivity index (χ4n) is 2.31. The molecule has 0 fully saturated rings. The molecule has 2 aromatic carbocycles. The quantitative estimate of drug-likeness (QED) is 0.834. The molecule has 0 radical (unpaired) electrons. The van der Waals surface area contributed by atoms with Crippen LogP contribution in [0.4, 0.5) is 0 Å². The predicted octanol–water partition coefficient (Wildman–Crippen LogP) is 2.53. The van der Waals surface area contributed by atoms with E-state index < -0.39 is 11.8 Å². The summed E-state index contributed by atoms with van der Waals surface area (Å²) in [7, 11) is 0. The molecule has 0 saturated carbocycles. The smallest absolute Gasteiger partial charge is 0.309 e. The summed E-state index contributed by atoms with van der Waals surface area (Å²) in [5.74, 6) is -1.04. The monoisotopic (exact) mass is 310 g/mol. The van der Waals surface area contributed by atoms with E-state index in [1.165, 1.54) is 0 Å². The highest BCUT2D eigenvalue weighted by Gasteiger charge is 2.14. The molecule has 1 atom stereocenters. The van der Waals surface area contributed by atoms with E-state index in [0.29, 0.717) is 13.1 Å². The lowest BCUT2D eigenvalue weighted by molar-refractivity contribution is -0.139. The number of hydrogen-bond donors (Lipinski definition) is 2. The van der Waals surface area contributed by atoms with Gasteiger partial charge in [-0.05, 0) is 24.0 Å². The van der Waals surface area contributed by atoms with Gasteiger partial charge in [0.15, 0.2) is 0 Å². The minimum absolute atomic E-state index is 0.157. The first kappa shape index (κ1) is 16.7. The number of aryl methyl sites for hydroxylation is 1. The highest BCUT2D eigenvalue weighted by molar-refractivity contribution is 6.35. The number of amides is 2. The first-order chi connectivity index (χ1) is 11.1. The van der Waals surface area contributed by atoms with Crippen molar-refractivity contribution in [3.63, 3.8) is 0 Å². The van der Waals surface area contributed by atoms with Crippen molar-refractivity contribution in [2.24, 2.45) is 0 Å². The van der Waals surface area contributed by atoms with Gasteiger partial charge < -0.3 is 10.6 Å². The summed E-state index contributed by atoms with van der Waals surface area (Å²) in [6.45, 7) is 4.78. The first-order valence-corrected chi connectivity index (χ1v) is 7.73. The molecule has 0 aromatic heterocycles. The molecule has 120 valence electrons. The second kappa shape index (κ2) is 8.13. The molecule has 0 aliphatic carbocycles. The predicted molar refractivity (Wildman–Crippen MR) is 90.9 cm³/mol. The minimum Gasteiger partial charge on any atom is -0.347 e. The second-order valence-corrected chi connectivity index (χ2v) is 5.69. The Hall–Kier alpha value is -2.62. The van der Waals surface area contributed by atoms with Crippen LogP contribution < -0.4 is 10.6 Å². The van der Waals surface area contributed by atoms with E-state index in [-0.39, 0.29) is 5.92 Å². The molecular weight excluding hydrogens is 288 g/mol. The lowest BCUT2D eigenvalue weighted by Crippen LogP contribution is -2.40. The standard InChI is InChI=1S/C19H22N2O2/c1-14-7-6-8-16(11-14)13-21-19(23)18(22)20-12-15(2)17-9-4-3-5-10-17/h3-11,15H,12-13H2,1-2H3,(H,20,22)(H,21,23)/t15-/m1/s1. The Morgan fingerprint density at radius 2 is 1.65 bits per heavy atom. The van der Waals surface area contributed by atoms with Crippen molar-refractivity contribution >= 4 is 11.8 Å². The maximum absolute atomic E-state index is 11.8. The Balaban J connectivity index is 1.78. The number of carbonyl (C=O) groups is 2. The molecule has 0 saturated heterocycles. The zero-order chi connectivity index (χ0) is 16.7. The van der Waals surface area contributed by atoms with Crippen LogP contribution in [-0.2, 0) is 16.1 Å². The lowest BCUT2D eigenvalue weighted by atomic mass is 10.0. The summed E-state index contributed by atoms with van der Waals surface area (Å²) in [4.78, 5) is 23.7. The molecule has 2 amide bonds. The van der Waals surface area contributed by atoms with Gasteiger partial charge in [0, 0.05) is 13.1 Å². The van der Waals surface area contributed by atoms with Gasteiger partial charge in [0.25, 0.3) is 0 Å². The minimum atomic E-state index is -0.605. The molecule has 0 heterocycles. The van der Waals surface area contributed by atoms with Crippen molar-refractivity contribution in [3.8, 4) is 0 Å². The van der Waals surface area contributed by atoms with Gasteiger partial charge in [-0.1, -0.05) is 67.1 Å². The average molecular weight is 310 g/mol. The van der Waals surface area contributed by atoms with Crippen LogP contribution in [0.5, 0.6) is 0 Å². The molecular formula is C19H22N2O2. The van der Waals surface area contributed by atoms with Crippen LogP contribution in [0.25, 0.3) is 0 Å². The molecule has 0 aliphatic heterocycles. The molecule has 4 nitrogen and oxygen atoms in total. The van der Waals surface area contributed by atoms with E-state index in [1.54, 1.807) is 0 Å². The van der Waals surface area contributed by atoms with E-state index in [2.05, 4.69) is 10.6 Å². The summed E-state index contributed by atoms with van der Waals surface area (Å²) in [6.07, 6.45) is 0.